The summed E-state index contributed by atoms with van der Waals surface area (Å²) < 4.78 is 0. The van der Waals surface area contributed by atoms with Gasteiger partial charge in [0, 0.05) is 0 Å². The first-order chi connectivity index (χ1) is 8.96. The van der Waals surface area contributed by atoms with Gasteiger partial charge in [0.25, 0.3) is 0 Å². The van der Waals surface area contributed by atoms with Crippen LogP contribution >= 0.6 is 0 Å². The number of nitrogens with one attached hydrogen (secondary N) is 1. The van der Waals surface area contributed by atoms with E-state index in [9.17, 15) is 9.90 Å². The molecule has 1 aromatic rings. The number of phenolic OH excluding ortho intramolecular Hbond substituents is 1. The minimum absolute atomic E-state index is 0.195. The maximum Gasteiger partial charge on any atom is 0.238 e. The van der Waals surface area contributed by atoms with Crippen molar-refractivity contribution in [1.82, 2.24) is 5.43 Å². The topological polar surface area (TPSA) is 75.4 Å². The summed E-state index contributed by atoms with van der Waals surface area (Å²) in [6.07, 6.45) is 0.211. The molecule has 0 saturated heterocycles. The van der Waals surface area contributed by atoms with Crippen molar-refractivity contribution >= 4 is 5.91 Å². The van der Waals surface area contributed by atoms with Crippen LogP contribution < -0.4 is 11.3 Å². The molecule has 0 bridgehead atoms. The molecule has 0 spiro atoms. The molecule has 0 unspecified atom stereocenters. The van der Waals surface area contributed by atoms with Gasteiger partial charge in [0.1, 0.15) is 5.75 Å². The largest absolute Gasteiger partial charge is 0.507 e. The summed E-state index contributed by atoms with van der Waals surface area (Å²) in [6, 6.07) is 3.78. The van der Waals surface area contributed by atoms with E-state index in [1.54, 1.807) is 0 Å². The molecule has 0 saturated carbocycles. The molecule has 112 valence electrons. The first-order valence-corrected chi connectivity index (χ1v) is 6.83. The Hall–Kier alpha value is -1.55. The van der Waals surface area contributed by atoms with Crippen molar-refractivity contribution < 1.29 is 9.90 Å². The smallest absolute Gasteiger partial charge is 0.238 e. The van der Waals surface area contributed by atoms with Gasteiger partial charge in [-0.3, -0.25) is 10.2 Å². The number of aromatic hydroxyl groups is 1. The molecule has 20 heavy (non-hydrogen) atoms. The lowest BCUT2D eigenvalue weighted by Crippen LogP contribution is -2.31. The second-order valence-corrected chi connectivity index (χ2v) is 7.28. The SMILES string of the molecule is CC(C)(C)c1cc(CC(=O)NN)cc(C(C)(C)C)c1O. The Bertz CT molecular complexity index is 473. The molecule has 0 atom stereocenters. The van der Waals surface area contributed by atoms with Gasteiger partial charge in [-0.25, -0.2) is 5.84 Å². The molecule has 0 aromatic heterocycles. The summed E-state index contributed by atoms with van der Waals surface area (Å²) in [4.78, 5) is 11.5. The number of carbonyl (C=O) groups excluding carboxylic acids is 1. The van der Waals surface area contributed by atoms with E-state index in [4.69, 9.17) is 5.84 Å². The van der Waals surface area contributed by atoms with Crippen molar-refractivity contribution in [2.75, 3.05) is 0 Å². The summed E-state index contributed by atoms with van der Waals surface area (Å²) in [5.74, 6) is 5.23. The highest BCUT2D eigenvalue weighted by Gasteiger charge is 2.26. The van der Waals surface area contributed by atoms with Gasteiger partial charge >= 0.3 is 0 Å². The van der Waals surface area contributed by atoms with E-state index >= 15 is 0 Å². The van der Waals surface area contributed by atoms with Crippen molar-refractivity contribution in [3.05, 3.63) is 28.8 Å². The van der Waals surface area contributed by atoms with Crippen molar-refractivity contribution in [2.24, 2.45) is 5.84 Å². The van der Waals surface area contributed by atoms with E-state index in [0.29, 0.717) is 5.75 Å². The van der Waals surface area contributed by atoms with Gasteiger partial charge in [-0.1, -0.05) is 53.7 Å². The van der Waals surface area contributed by atoms with Crippen LogP contribution in [0, 0.1) is 0 Å². The van der Waals surface area contributed by atoms with Crippen molar-refractivity contribution in [3.63, 3.8) is 0 Å². The normalized spacial score (nSPS) is 12.3. The van der Waals surface area contributed by atoms with Crippen molar-refractivity contribution in [3.8, 4) is 5.75 Å². The van der Waals surface area contributed by atoms with Gasteiger partial charge in [0.15, 0.2) is 0 Å². The molecule has 1 aromatic carbocycles. The summed E-state index contributed by atoms with van der Waals surface area (Å²) in [5.41, 5.74) is 4.32. The fraction of sp³-hybridized carbons (Fsp3) is 0.562. The number of hydrogen-bond acceptors (Lipinski definition) is 3. The number of hydrogen-bond donors (Lipinski definition) is 3. The van der Waals surface area contributed by atoms with E-state index in [1.165, 1.54) is 0 Å². The number of carbonyl (C=O) groups is 1. The van der Waals surface area contributed by atoms with Crippen molar-refractivity contribution in [1.29, 1.82) is 0 Å². The standard InChI is InChI=1S/C16H26N2O2/c1-15(2,3)11-7-10(9-13(19)18-17)8-12(14(11)20)16(4,5)6/h7-8,20H,9,17H2,1-6H3,(H,18,19). The Morgan fingerprint density at radius 2 is 1.50 bits per heavy atom. The molecule has 0 heterocycles. The Labute approximate surface area is 121 Å². The average Bonchev–Trinajstić information content (AvgIpc) is 2.28. The van der Waals surface area contributed by atoms with Gasteiger partial charge in [0.05, 0.1) is 6.42 Å². The summed E-state index contributed by atoms with van der Waals surface area (Å²) in [7, 11) is 0. The molecule has 1 rings (SSSR count). The van der Waals surface area contributed by atoms with Crippen LogP contribution in [0.5, 0.6) is 5.75 Å². The zero-order valence-corrected chi connectivity index (χ0v) is 13.3. The average molecular weight is 278 g/mol. The summed E-state index contributed by atoms with van der Waals surface area (Å²) in [5, 5.41) is 10.6. The molecule has 0 radical (unpaired) electrons. The van der Waals surface area contributed by atoms with E-state index in [-0.39, 0.29) is 23.2 Å². The minimum atomic E-state index is -0.240. The highest BCUT2D eigenvalue weighted by Crippen LogP contribution is 2.39. The number of hydrazine groups is 1. The number of nitrogens with two attached hydrogens (primary N) is 1. The Balaban J connectivity index is 3.46. The zero-order chi connectivity index (χ0) is 15.7. The van der Waals surface area contributed by atoms with Crippen LogP contribution in [-0.2, 0) is 22.0 Å². The quantitative estimate of drug-likeness (QED) is 0.442. The zero-order valence-electron chi connectivity index (χ0n) is 13.3. The Morgan fingerprint density at radius 3 is 1.80 bits per heavy atom. The van der Waals surface area contributed by atoms with E-state index < -0.39 is 0 Å². The molecule has 4 heteroatoms. The lowest BCUT2D eigenvalue weighted by molar-refractivity contribution is -0.120. The minimum Gasteiger partial charge on any atom is -0.507 e. The Kier molecular flexibility index (Phi) is 4.49. The number of phenols is 1. The maximum absolute atomic E-state index is 11.5. The van der Waals surface area contributed by atoms with Crippen LogP contribution in [0.4, 0.5) is 0 Å². The third kappa shape index (κ3) is 3.73. The lowest BCUT2D eigenvalue weighted by atomic mass is 9.78. The highest BCUT2D eigenvalue weighted by molar-refractivity contribution is 5.78. The second-order valence-electron chi connectivity index (χ2n) is 7.28. The molecule has 4 nitrogen and oxygen atoms in total. The first-order valence-electron chi connectivity index (χ1n) is 6.83. The van der Waals surface area contributed by atoms with E-state index in [2.05, 4.69) is 5.43 Å². The fourth-order valence-electron chi connectivity index (χ4n) is 2.18. The van der Waals surface area contributed by atoms with Gasteiger partial charge < -0.3 is 5.11 Å². The molecule has 0 aliphatic rings. The fourth-order valence-corrected chi connectivity index (χ4v) is 2.18. The third-order valence-corrected chi connectivity index (χ3v) is 3.31. The molecular formula is C16H26N2O2. The van der Waals surface area contributed by atoms with Crippen LogP contribution in [0.1, 0.15) is 58.2 Å². The van der Waals surface area contributed by atoms with Crippen LogP contribution in [0.2, 0.25) is 0 Å². The molecule has 4 N–H and O–H groups in total. The van der Waals surface area contributed by atoms with E-state index in [0.717, 1.165) is 16.7 Å². The predicted molar refractivity (Wildman–Crippen MR) is 81.5 cm³/mol. The van der Waals surface area contributed by atoms with E-state index in [1.807, 2.05) is 53.7 Å². The molecular weight excluding hydrogens is 252 g/mol. The molecule has 0 aliphatic carbocycles. The second kappa shape index (κ2) is 5.44. The number of rotatable bonds is 2. The van der Waals surface area contributed by atoms with Gasteiger partial charge in [-0.05, 0) is 27.5 Å². The maximum atomic E-state index is 11.5. The van der Waals surface area contributed by atoms with Crippen LogP contribution in [0.25, 0.3) is 0 Å². The number of amides is 1. The van der Waals surface area contributed by atoms with Crippen LogP contribution in [0.15, 0.2) is 12.1 Å². The lowest BCUT2D eigenvalue weighted by Gasteiger charge is -2.28. The van der Waals surface area contributed by atoms with Crippen LogP contribution in [0.3, 0.4) is 0 Å². The summed E-state index contributed by atoms with van der Waals surface area (Å²) in [6.45, 7) is 12.3. The Morgan fingerprint density at radius 1 is 1.10 bits per heavy atom. The highest BCUT2D eigenvalue weighted by atomic mass is 16.3. The van der Waals surface area contributed by atoms with Crippen molar-refractivity contribution in [2.45, 2.75) is 58.8 Å². The number of benzene rings is 1. The molecule has 0 fully saturated rings. The molecule has 0 aliphatic heterocycles. The molecule has 1 amide bonds. The van der Waals surface area contributed by atoms with Gasteiger partial charge in [-0.2, -0.15) is 0 Å². The van der Waals surface area contributed by atoms with Gasteiger partial charge in [0.2, 0.25) is 5.91 Å². The van der Waals surface area contributed by atoms with Crippen LogP contribution in [-0.4, -0.2) is 11.0 Å². The monoisotopic (exact) mass is 278 g/mol. The van der Waals surface area contributed by atoms with Gasteiger partial charge in [-0.15, -0.1) is 0 Å². The first kappa shape index (κ1) is 16.5. The third-order valence-electron chi connectivity index (χ3n) is 3.31. The predicted octanol–water partition coefficient (Wildman–Crippen LogP) is 2.52. The summed E-state index contributed by atoms with van der Waals surface area (Å²) >= 11 is 0.